The van der Waals surface area contributed by atoms with E-state index in [-0.39, 0.29) is 24.6 Å². The van der Waals surface area contributed by atoms with Gasteiger partial charge in [0.25, 0.3) is 5.92 Å². The first-order valence-corrected chi connectivity index (χ1v) is 13.1. The van der Waals surface area contributed by atoms with Crippen LogP contribution in [0.15, 0.2) is 12.3 Å². The van der Waals surface area contributed by atoms with Gasteiger partial charge in [-0.05, 0) is 45.6 Å². The lowest BCUT2D eigenvalue weighted by Gasteiger charge is -2.33. The molecule has 0 saturated heterocycles. The highest BCUT2D eigenvalue weighted by molar-refractivity contribution is 7.21. The highest BCUT2D eigenvalue weighted by Gasteiger charge is 2.91. The topological polar surface area (TPSA) is 125 Å². The summed E-state index contributed by atoms with van der Waals surface area (Å²) in [5, 5.41) is 28.5. The van der Waals surface area contributed by atoms with Gasteiger partial charge in [0.2, 0.25) is 5.95 Å². The molecule has 12 heteroatoms. The number of aromatic nitrogens is 4. The van der Waals surface area contributed by atoms with Crippen LogP contribution in [0.1, 0.15) is 49.9 Å². The lowest BCUT2D eigenvalue weighted by atomic mass is 10.0. The molecule has 0 aliphatic heterocycles. The summed E-state index contributed by atoms with van der Waals surface area (Å²) >= 11 is 1.43. The van der Waals surface area contributed by atoms with E-state index in [0.717, 1.165) is 28.8 Å². The molecular formula is C24H28F2N6O3S. The van der Waals surface area contributed by atoms with Crippen LogP contribution in [0.25, 0.3) is 20.8 Å². The number of nitrogens with zero attached hydrogens (tertiary/aromatic N) is 4. The molecule has 0 bridgehead atoms. The molecule has 3 aromatic heterocycles. The molecule has 0 radical (unpaired) electrons. The number of thiazole rings is 1. The molecule has 6 rings (SSSR count). The monoisotopic (exact) mass is 518 g/mol. The average Bonchev–Trinajstić information content (AvgIpc) is 3.64. The Balaban J connectivity index is 1.42. The van der Waals surface area contributed by atoms with Crippen molar-refractivity contribution in [2.24, 2.45) is 5.92 Å². The van der Waals surface area contributed by atoms with Gasteiger partial charge in [0.1, 0.15) is 16.3 Å². The number of ether oxygens (including phenoxy) is 1. The number of halogens is 2. The zero-order valence-electron chi connectivity index (χ0n) is 20.0. The third kappa shape index (κ3) is 3.49. The second kappa shape index (κ2) is 8.23. The van der Waals surface area contributed by atoms with E-state index in [1.165, 1.54) is 11.3 Å². The summed E-state index contributed by atoms with van der Waals surface area (Å²) in [4.78, 5) is 18.5. The molecule has 3 aromatic rings. The molecule has 9 nitrogen and oxygen atoms in total. The van der Waals surface area contributed by atoms with Gasteiger partial charge in [0, 0.05) is 25.3 Å². The van der Waals surface area contributed by atoms with Crippen molar-refractivity contribution in [1.82, 2.24) is 19.9 Å². The number of aliphatic hydroxyl groups is 2. The van der Waals surface area contributed by atoms with Gasteiger partial charge in [-0.25, -0.2) is 18.7 Å². The Bertz CT molecular complexity index is 1330. The number of alkyl halides is 2. The molecule has 3 heterocycles. The molecule has 3 aliphatic rings. The Morgan fingerprint density at radius 2 is 2.00 bits per heavy atom. The van der Waals surface area contributed by atoms with E-state index >= 15 is 0 Å². The van der Waals surface area contributed by atoms with Gasteiger partial charge in [-0.1, -0.05) is 0 Å². The van der Waals surface area contributed by atoms with Crippen LogP contribution < -0.4 is 10.6 Å². The number of hydrogen-bond donors (Lipinski definition) is 4. The molecule has 0 spiro atoms. The highest BCUT2D eigenvalue weighted by Crippen LogP contribution is 2.70. The van der Waals surface area contributed by atoms with Crippen molar-refractivity contribution in [3.8, 4) is 10.6 Å². The van der Waals surface area contributed by atoms with Gasteiger partial charge < -0.3 is 25.6 Å². The van der Waals surface area contributed by atoms with Crippen LogP contribution in [-0.2, 0) is 4.74 Å². The van der Waals surface area contributed by atoms with E-state index in [1.807, 2.05) is 13.0 Å². The van der Waals surface area contributed by atoms with Crippen molar-refractivity contribution < 1.29 is 23.7 Å². The smallest absolute Gasteiger partial charge is 0.287 e. The van der Waals surface area contributed by atoms with Crippen molar-refractivity contribution in [3.63, 3.8) is 0 Å². The number of fused-ring (bicyclic) bond motifs is 2. The zero-order chi connectivity index (χ0) is 25.3. The van der Waals surface area contributed by atoms with Crippen molar-refractivity contribution in [2.75, 3.05) is 30.4 Å². The first kappa shape index (κ1) is 23.8. The molecular weight excluding hydrogens is 490 g/mol. The normalized spacial score (nSPS) is 28.3. The minimum absolute atomic E-state index is 0.00339. The molecule has 36 heavy (non-hydrogen) atoms. The largest absolute Gasteiger partial charge is 0.380 e. The maximum Gasteiger partial charge on any atom is 0.287 e. The number of anilines is 2. The van der Waals surface area contributed by atoms with Crippen LogP contribution in [0, 0.1) is 12.8 Å². The number of aryl methyl sites for hydroxylation is 1. The second-order valence-corrected chi connectivity index (χ2v) is 10.8. The number of rotatable bonds is 9. The van der Waals surface area contributed by atoms with Crippen molar-refractivity contribution in [1.29, 1.82) is 0 Å². The van der Waals surface area contributed by atoms with E-state index in [4.69, 9.17) is 9.72 Å². The Hall–Kier alpha value is -2.54. The Morgan fingerprint density at radius 1 is 1.19 bits per heavy atom. The Labute approximate surface area is 210 Å². The molecule has 3 atom stereocenters. The fourth-order valence-corrected chi connectivity index (χ4v) is 6.39. The maximum atomic E-state index is 14.4. The summed E-state index contributed by atoms with van der Waals surface area (Å²) in [5.74, 6) is -3.85. The summed E-state index contributed by atoms with van der Waals surface area (Å²) in [7, 11) is 0. The molecule has 3 saturated carbocycles. The summed E-state index contributed by atoms with van der Waals surface area (Å²) < 4.78 is 35.1. The summed E-state index contributed by atoms with van der Waals surface area (Å²) in [6, 6.07) is 1.90. The summed E-state index contributed by atoms with van der Waals surface area (Å²) in [6.07, 6.45) is 3.91. The fourth-order valence-electron chi connectivity index (χ4n) is 5.33. The van der Waals surface area contributed by atoms with E-state index in [0.29, 0.717) is 41.9 Å². The molecule has 192 valence electrons. The minimum Gasteiger partial charge on any atom is -0.380 e. The van der Waals surface area contributed by atoms with E-state index in [1.54, 1.807) is 13.1 Å². The maximum absolute atomic E-state index is 14.4. The van der Waals surface area contributed by atoms with Crippen molar-refractivity contribution >= 4 is 33.3 Å². The second-order valence-electron chi connectivity index (χ2n) is 9.78. The fraction of sp³-hybridized carbons (Fsp3) is 0.583. The predicted octanol–water partition coefficient (Wildman–Crippen LogP) is 3.67. The van der Waals surface area contributed by atoms with E-state index in [9.17, 15) is 19.0 Å². The predicted molar refractivity (Wildman–Crippen MR) is 131 cm³/mol. The molecule has 4 N–H and O–H groups in total. The van der Waals surface area contributed by atoms with Crippen LogP contribution in [-0.4, -0.2) is 67.2 Å². The van der Waals surface area contributed by atoms with Gasteiger partial charge in [-0.15, -0.1) is 11.3 Å². The molecule has 3 aliphatic carbocycles. The van der Waals surface area contributed by atoms with Gasteiger partial charge in [0.05, 0.1) is 34.2 Å². The first-order chi connectivity index (χ1) is 17.2. The molecule has 3 unspecified atom stereocenters. The van der Waals surface area contributed by atoms with E-state index in [2.05, 4.69) is 25.6 Å². The lowest BCUT2D eigenvalue weighted by Crippen LogP contribution is -2.53. The average molecular weight is 519 g/mol. The quantitative estimate of drug-likeness (QED) is 0.248. The SMILES string of the molecule is CCOCCNc1nc(C)c(-c2nc3c(C4CC4)nccc3s2)c(NC2(O)CCC3C(F)(F)C32O)n1. The lowest BCUT2D eigenvalue weighted by molar-refractivity contribution is -0.124. The Morgan fingerprint density at radius 3 is 2.69 bits per heavy atom. The number of hydrogen-bond acceptors (Lipinski definition) is 10. The molecule has 0 amide bonds. The van der Waals surface area contributed by atoms with Crippen LogP contribution >= 0.6 is 11.3 Å². The van der Waals surface area contributed by atoms with Crippen LogP contribution in [0.3, 0.4) is 0 Å². The van der Waals surface area contributed by atoms with Gasteiger partial charge in [0.15, 0.2) is 11.3 Å². The molecule has 0 aromatic carbocycles. The minimum atomic E-state index is -3.37. The Kier molecular flexibility index (Phi) is 5.45. The van der Waals surface area contributed by atoms with Crippen LogP contribution in [0.2, 0.25) is 0 Å². The summed E-state index contributed by atoms with van der Waals surface area (Å²) in [5.41, 5.74) is -1.96. The number of nitrogens with one attached hydrogen (secondary N) is 2. The van der Waals surface area contributed by atoms with Crippen LogP contribution in [0.4, 0.5) is 20.5 Å². The third-order valence-electron chi connectivity index (χ3n) is 7.45. The van der Waals surface area contributed by atoms with Crippen LogP contribution in [0.5, 0.6) is 0 Å². The van der Waals surface area contributed by atoms with Gasteiger partial charge in [-0.2, -0.15) is 4.98 Å². The molecule has 3 fully saturated rings. The summed E-state index contributed by atoms with van der Waals surface area (Å²) in [6.45, 7) is 5.13. The van der Waals surface area contributed by atoms with Crippen molar-refractivity contribution in [3.05, 3.63) is 23.7 Å². The van der Waals surface area contributed by atoms with E-state index < -0.39 is 23.2 Å². The highest BCUT2D eigenvalue weighted by atomic mass is 32.1. The standard InChI is InChI=1S/C24H28F2N6O3S/c1-3-35-11-10-28-21-29-12(2)16(20-30-18-14(36-20)7-9-27-17(18)13-4-5-13)19(31-21)32-22(33)8-6-15-23(22,34)24(15,25)26/h7,9,13,15,33-34H,3-6,8,10-11H2,1-2H3,(H2,28,29,31,32). The number of pyridine rings is 1. The van der Waals surface area contributed by atoms with Crippen molar-refractivity contribution in [2.45, 2.75) is 62.7 Å². The first-order valence-electron chi connectivity index (χ1n) is 12.3. The zero-order valence-corrected chi connectivity index (χ0v) is 20.8. The van der Waals surface area contributed by atoms with Gasteiger partial charge in [-0.3, -0.25) is 4.98 Å². The van der Waals surface area contributed by atoms with Gasteiger partial charge >= 0.3 is 0 Å². The third-order valence-corrected chi connectivity index (χ3v) is 8.49.